The minimum Gasteiger partial charge on any atom is -0.502 e. The van der Waals surface area contributed by atoms with Crippen molar-refractivity contribution in [3.8, 4) is 11.5 Å². The summed E-state index contributed by atoms with van der Waals surface area (Å²) >= 11 is 4.59. The number of fused-ring (bicyclic) bond motifs is 1. The van der Waals surface area contributed by atoms with Gasteiger partial charge in [0.15, 0.2) is 16.5 Å². The van der Waals surface area contributed by atoms with Crippen LogP contribution in [0, 0.1) is 0 Å². The molecule has 0 radical (unpaired) electrons. The van der Waals surface area contributed by atoms with Crippen LogP contribution in [-0.4, -0.2) is 17.0 Å². The number of benzene rings is 1. The molecule has 0 saturated carbocycles. The zero-order chi connectivity index (χ0) is 9.97. The smallest absolute Gasteiger partial charge is 0.231 e. The zero-order valence-corrected chi connectivity index (χ0v) is 8.34. The molecule has 1 aromatic rings. The molecule has 0 aliphatic carbocycles. The van der Waals surface area contributed by atoms with Gasteiger partial charge in [-0.25, -0.2) is 0 Å². The van der Waals surface area contributed by atoms with Crippen LogP contribution in [0.2, 0.25) is 0 Å². The number of aliphatic hydroxyl groups is 1. The summed E-state index contributed by atoms with van der Waals surface area (Å²) < 4.78 is 10.4. The highest BCUT2D eigenvalue weighted by Crippen LogP contribution is 2.32. The van der Waals surface area contributed by atoms with Gasteiger partial charge in [-0.3, -0.25) is 0 Å². The first-order chi connectivity index (χ1) is 6.75. The van der Waals surface area contributed by atoms with Gasteiger partial charge in [-0.2, -0.15) is 0 Å². The zero-order valence-electron chi connectivity index (χ0n) is 7.53. The van der Waals surface area contributed by atoms with Crippen molar-refractivity contribution in [3.05, 3.63) is 23.8 Å². The van der Waals surface area contributed by atoms with E-state index in [4.69, 9.17) is 14.6 Å². The second kappa shape index (κ2) is 3.84. The van der Waals surface area contributed by atoms with Gasteiger partial charge in [-0.1, -0.05) is 6.07 Å². The Bertz CT molecular complexity index is 362. The van der Waals surface area contributed by atoms with E-state index in [0.717, 1.165) is 23.5 Å². The van der Waals surface area contributed by atoms with Crippen molar-refractivity contribution < 1.29 is 14.6 Å². The van der Waals surface area contributed by atoms with E-state index in [0.29, 0.717) is 6.42 Å². The van der Waals surface area contributed by atoms with Crippen molar-refractivity contribution in [3.63, 3.8) is 0 Å². The van der Waals surface area contributed by atoms with Gasteiger partial charge >= 0.3 is 0 Å². The molecule has 4 heteroatoms. The highest BCUT2D eigenvalue weighted by molar-refractivity contribution is 7.80. The normalized spacial score (nSPS) is 12.9. The maximum Gasteiger partial charge on any atom is 0.231 e. The molecule has 74 valence electrons. The average Bonchev–Trinajstić information content (AvgIpc) is 2.61. The van der Waals surface area contributed by atoms with Crippen molar-refractivity contribution in [2.24, 2.45) is 0 Å². The number of hydrogen-bond acceptors (Lipinski definition) is 3. The third kappa shape index (κ3) is 1.96. The average molecular weight is 210 g/mol. The van der Waals surface area contributed by atoms with Crippen LogP contribution in [0.1, 0.15) is 12.0 Å². The minimum atomic E-state index is 0.0441. The molecular weight excluding hydrogens is 200 g/mol. The first kappa shape index (κ1) is 9.27. The summed E-state index contributed by atoms with van der Waals surface area (Å²) in [6, 6.07) is 5.74. The first-order valence-electron chi connectivity index (χ1n) is 4.36. The van der Waals surface area contributed by atoms with Crippen molar-refractivity contribution in [2.45, 2.75) is 12.8 Å². The van der Waals surface area contributed by atoms with Crippen LogP contribution in [0.25, 0.3) is 0 Å². The lowest BCUT2D eigenvalue weighted by Crippen LogP contribution is -1.95. The molecule has 2 rings (SSSR count). The lowest BCUT2D eigenvalue weighted by molar-refractivity contribution is 0.174. The summed E-state index contributed by atoms with van der Waals surface area (Å²) in [5.41, 5.74) is 1.09. The Morgan fingerprint density at radius 1 is 1.36 bits per heavy atom. The number of aryl methyl sites for hydroxylation is 1. The lowest BCUT2D eigenvalue weighted by atomic mass is 10.1. The van der Waals surface area contributed by atoms with Gasteiger partial charge in [0, 0.05) is 6.42 Å². The molecule has 1 aliphatic rings. The maximum atomic E-state index is 8.88. The quantitative estimate of drug-likeness (QED) is 0.776. The molecule has 0 atom stereocenters. The van der Waals surface area contributed by atoms with Gasteiger partial charge < -0.3 is 14.6 Å². The summed E-state index contributed by atoms with van der Waals surface area (Å²) in [6.07, 6.45) is 1.24. The predicted octanol–water partition coefficient (Wildman–Crippen LogP) is 2.23. The van der Waals surface area contributed by atoms with E-state index in [1.165, 1.54) is 0 Å². The number of thiocarbonyl (C=S) groups is 1. The molecule has 1 aromatic carbocycles. The highest BCUT2D eigenvalue weighted by atomic mass is 32.1. The van der Waals surface area contributed by atoms with E-state index < -0.39 is 0 Å². The summed E-state index contributed by atoms with van der Waals surface area (Å²) in [4.78, 5) is 0. The molecule has 14 heavy (non-hydrogen) atoms. The van der Waals surface area contributed by atoms with Crippen LogP contribution >= 0.6 is 12.2 Å². The number of rotatable bonds is 3. The van der Waals surface area contributed by atoms with E-state index in [1.54, 1.807) is 0 Å². The molecular formula is C10H10O3S. The molecule has 0 aromatic heterocycles. The van der Waals surface area contributed by atoms with Crippen LogP contribution in [-0.2, 0) is 6.42 Å². The second-order valence-corrected chi connectivity index (χ2v) is 3.55. The molecule has 0 saturated heterocycles. The van der Waals surface area contributed by atoms with Crippen LogP contribution in [0.5, 0.6) is 11.5 Å². The number of aliphatic hydroxyl groups excluding tert-OH is 1. The maximum absolute atomic E-state index is 8.88. The second-order valence-electron chi connectivity index (χ2n) is 3.08. The fourth-order valence-electron chi connectivity index (χ4n) is 1.35. The van der Waals surface area contributed by atoms with Gasteiger partial charge in [-0.15, -0.1) is 0 Å². The van der Waals surface area contributed by atoms with Crippen LogP contribution in [0.15, 0.2) is 18.2 Å². The Morgan fingerprint density at radius 3 is 2.93 bits per heavy atom. The number of hydrogen-bond donors (Lipinski definition) is 1. The van der Waals surface area contributed by atoms with Gasteiger partial charge in [0.25, 0.3) is 0 Å². The summed E-state index contributed by atoms with van der Waals surface area (Å²) in [5.74, 6) is 1.55. The van der Waals surface area contributed by atoms with E-state index >= 15 is 0 Å². The van der Waals surface area contributed by atoms with Crippen molar-refractivity contribution in [1.82, 2.24) is 0 Å². The fourth-order valence-corrected chi connectivity index (χ4v) is 1.45. The molecule has 1 N–H and O–H groups in total. The minimum absolute atomic E-state index is 0.0441. The van der Waals surface area contributed by atoms with Crippen molar-refractivity contribution >= 4 is 17.3 Å². The highest BCUT2D eigenvalue weighted by Gasteiger charge is 2.12. The molecule has 3 nitrogen and oxygen atoms in total. The Morgan fingerprint density at radius 2 is 2.14 bits per heavy atom. The van der Waals surface area contributed by atoms with Crippen LogP contribution < -0.4 is 9.47 Å². The largest absolute Gasteiger partial charge is 0.502 e. The van der Waals surface area contributed by atoms with Crippen molar-refractivity contribution in [1.29, 1.82) is 0 Å². The monoisotopic (exact) mass is 210 g/mol. The van der Waals surface area contributed by atoms with Gasteiger partial charge in [0.2, 0.25) is 6.79 Å². The van der Waals surface area contributed by atoms with E-state index in [-0.39, 0.29) is 11.8 Å². The third-order valence-electron chi connectivity index (χ3n) is 2.06. The summed E-state index contributed by atoms with van der Waals surface area (Å²) in [5, 5.41) is 8.93. The van der Waals surface area contributed by atoms with E-state index in [2.05, 4.69) is 12.2 Å². The van der Waals surface area contributed by atoms with Gasteiger partial charge in [-0.05, 0) is 36.3 Å². The lowest BCUT2D eigenvalue weighted by Gasteiger charge is -2.01. The molecule has 0 unspecified atom stereocenters. The topological polar surface area (TPSA) is 38.7 Å². The van der Waals surface area contributed by atoms with E-state index in [1.807, 2.05) is 18.2 Å². The molecule has 0 bridgehead atoms. The Kier molecular flexibility index (Phi) is 2.54. The molecule has 1 heterocycles. The van der Waals surface area contributed by atoms with Gasteiger partial charge in [0.05, 0.1) is 0 Å². The van der Waals surface area contributed by atoms with E-state index in [9.17, 15) is 0 Å². The Labute approximate surface area is 87.3 Å². The molecule has 0 amide bonds. The van der Waals surface area contributed by atoms with Crippen LogP contribution in [0.4, 0.5) is 0 Å². The fraction of sp³-hybridized carbons (Fsp3) is 0.300. The Balaban J connectivity index is 2.09. The standard InChI is InChI=1S/C10H10O3S/c11-10(14)4-2-7-1-3-8-9(5-7)13-6-12-8/h1,3,5H,2,4,6H2,(H,11,14). The summed E-state index contributed by atoms with van der Waals surface area (Å²) in [6.45, 7) is 0.289. The summed E-state index contributed by atoms with van der Waals surface area (Å²) in [7, 11) is 0. The van der Waals surface area contributed by atoms with Gasteiger partial charge in [0.1, 0.15) is 0 Å². The predicted molar refractivity (Wildman–Crippen MR) is 56.1 cm³/mol. The molecule has 0 spiro atoms. The SMILES string of the molecule is OC(=S)CCc1ccc2c(c1)OCO2. The number of ether oxygens (including phenoxy) is 2. The molecule has 0 fully saturated rings. The molecule has 1 aliphatic heterocycles. The Hall–Kier alpha value is -1.29. The van der Waals surface area contributed by atoms with Crippen LogP contribution in [0.3, 0.4) is 0 Å². The first-order valence-corrected chi connectivity index (χ1v) is 4.77. The van der Waals surface area contributed by atoms with Crippen molar-refractivity contribution in [2.75, 3.05) is 6.79 Å². The third-order valence-corrected chi connectivity index (χ3v) is 2.27.